The van der Waals surface area contributed by atoms with Gasteiger partial charge in [0.1, 0.15) is 0 Å². The fourth-order valence-corrected chi connectivity index (χ4v) is 14.3. The summed E-state index contributed by atoms with van der Waals surface area (Å²) in [6.07, 6.45) is 30.8. The third-order valence-corrected chi connectivity index (χ3v) is 15.9. The molecule has 2 aromatic rings. The predicted octanol–water partition coefficient (Wildman–Crippen LogP) is 8.91. The minimum absolute atomic E-state index is 0. The fourth-order valence-electron chi connectivity index (χ4n) is 6.94. The summed E-state index contributed by atoms with van der Waals surface area (Å²) < 4.78 is 15.2. The van der Waals surface area contributed by atoms with Crippen molar-refractivity contribution in [3.8, 4) is 0 Å². The zero-order valence-corrected chi connectivity index (χ0v) is 27.3. The Morgan fingerprint density at radius 1 is 0.634 bits per heavy atom. The number of hydrogen-bond acceptors (Lipinski definition) is 1. The maximum Gasteiger partial charge on any atom is 2.00 e. The van der Waals surface area contributed by atoms with Gasteiger partial charge in [-0.1, -0.05) is 114 Å². The molecule has 0 N–H and O–H groups in total. The van der Waals surface area contributed by atoms with Crippen LogP contribution in [0.3, 0.4) is 0 Å². The molecule has 0 heterocycles. The van der Waals surface area contributed by atoms with E-state index in [1.807, 2.05) is 68.5 Å². The Kier molecular flexibility index (Phi) is 15.3. The Labute approximate surface area is 266 Å². The first-order valence-corrected chi connectivity index (χ1v) is 18.4. The number of hydrogen-bond donors (Lipinski definition) is 0. The summed E-state index contributed by atoms with van der Waals surface area (Å²) in [5.74, 6) is 1.37. The maximum absolute atomic E-state index is 15.2. The molecule has 4 aliphatic carbocycles. The van der Waals surface area contributed by atoms with Gasteiger partial charge in [-0.3, -0.25) is 0 Å². The number of benzene rings is 2. The van der Waals surface area contributed by atoms with E-state index < -0.39 is 7.14 Å². The average Bonchev–Trinajstić information content (AvgIpc) is 3.75. The zero-order chi connectivity index (χ0) is 26.9. The third-order valence-electron chi connectivity index (χ3n) is 8.85. The van der Waals surface area contributed by atoms with Gasteiger partial charge in [-0.05, 0) is 94.0 Å². The molecule has 1 nitrogen and oxygen atoms in total. The van der Waals surface area contributed by atoms with Gasteiger partial charge in [0.25, 0.3) is 0 Å². The summed E-state index contributed by atoms with van der Waals surface area (Å²) in [4.78, 5) is 0. The third kappa shape index (κ3) is 8.66. The van der Waals surface area contributed by atoms with Gasteiger partial charge in [0.05, 0.1) is 5.66 Å². The molecule has 0 aliphatic heterocycles. The smallest absolute Gasteiger partial charge is 0.313 e. The van der Waals surface area contributed by atoms with Gasteiger partial charge >= 0.3 is 17.1 Å². The molecule has 4 saturated carbocycles. The average molecular weight is 621 g/mol. The Morgan fingerprint density at radius 3 is 1.46 bits per heavy atom. The van der Waals surface area contributed by atoms with Crippen molar-refractivity contribution in [2.75, 3.05) is 0 Å². The van der Waals surface area contributed by atoms with E-state index in [1.54, 1.807) is 0 Å². The minimum Gasteiger partial charge on any atom is -0.313 e. The molecule has 0 unspecified atom stereocenters. The standard InChI is InChI=1S/C31H39OP2.C5H5.B.Fe/c1-25(33(26-15-6-2-7-16-26)27-17-8-3-9-18-27)30-23-14-24-31(30)34(32,28-19-10-4-11-20-28)29-21-12-5-13-22-29;1-2-4-5-3-1;;/h4-5,10-14,19-27H,2-3,6-9,15-18H2,1H3;1-5H;;/q;;;+2/t25-;;;/m1.../s1. The first kappa shape index (κ1) is 35.2. The van der Waals surface area contributed by atoms with Crippen LogP contribution in [0.5, 0.6) is 0 Å². The van der Waals surface area contributed by atoms with Crippen molar-refractivity contribution in [3.05, 3.63) is 124 Å². The molecule has 1 atom stereocenters. The minimum atomic E-state index is -2.93. The monoisotopic (exact) mass is 621 g/mol. The molecule has 0 aromatic heterocycles. The van der Waals surface area contributed by atoms with Crippen LogP contribution in [-0.2, 0) is 21.6 Å². The van der Waals surface area contributed by atoms with E-state index in [0.29, 0.717) is 5.66 Å². The summed E-state index contributed by atoms with van der Waals surface area (Å²) in [6.45, 7) is 2.49. The van der Waals surface area contributed by atoms with Crippen LogP contribution in [-0.4, -0.2) is 25.4 Å². The SMILES string of the molecule is C[C@H]([C]1[CH][CH][CH][C]1P(=O)(c1ccccc1)c1ccccc1)P(C1CCCCC1)C1CCCCC1.[B].[CH]1[CH][CH][CH][CH]1.[Fe+2]. The maximum atomic E-state index is 15.2. The first-order chi connectivity index (χ1) is 19.2. The Balaban J connectivity index is 0.000000599. The van der Waals surface area contributed by atoms with Crippen molar-refractivity contribution in [2.45, 2.75) is 88.1 Å². The van der Waals surface area contributed by atoms with Crippen LogP contribution in [0.15, 0.2) is 60.7 Å². The largest absolute Gasteiger partial charge is 2.00 e. The Morgan fingerprint density at radius 2 is 1.05 bits per heavy atom. The summed E-state index contributed by atoms with van der Waals surface area (Å²) in [5.41, 5.74) is 3.37. The van der Waals surface area contributed by atoms with E-state index in [-0.39, 0.29) is 33.4 Å². The summed E-state index contributed by atoms with van der Waals surface area (Å²) >= 11 is 0. The Bertz CT molecular complexity index is 949. The normalized spacial score (nSPS) is 21.9. The van der Waals surface area contributed by atoms with Crippen molar-refractivity contribution in [1.29, 1.82) is 0 Å². The van der Waals surface area contributed by atoms with E-state index >= 15 is 4.57 Å². The van der Waals surface area contributed by atoms with Crippen molar-refractivity contribution in [3.63, 3.8) is 0 Å². The van der Waals surface area contributed by atoms with Crippen LogP contribution in [0.2, 0.25) is 0 Å². The fraction of sp³-hybridized carbons (Fsp3) is 0.389. The molecule has 4 fully saturated rings. The van der Waals surface area contributed by atoms with Crippen molar-refractivity contribution in [1.82, 2.24) is 0 Å². The van der Waals surface area contributed by atoms with Gasteiger partial charge in [-0.25, -0.2) is 0 Å². The van der Waals surface area contributed by atoms with Gasteiger partial charge < -0.3 is 4.57 Å². The van der Waals surface area contributed by atoms with Crippen molar-refractivity contribution < 1.29 is 21.6 Å². The van der Waals surface area contributed by atoms with Gasteiger partial charge in [-0.15, -0.1) is 0 Å². The van der Waals surface area contributed by atoms with Crippen molar-refractivity contribution >= 4 is 34.1 Å². The van der Waals surface area contributed by atoms with E-state index in [0.717, 1.165) is 27.6 Å². The Hall–Kier alpha value is -0.316. The number of rotatable bonds is 7. The van der Waals surface area contributed by atoms with E-state index in [4.69, 9.17) is 0 Å². The van der Waals surface area contributed by atoms with Crippen LogP contribution >= 0.6 is 15.1 Å². The molecule has 0 bridgehead atoms. The van der Waals surface area contributed by atoms with Crippen LogP contribution in [0.4, 0.5) is 0 Å². The van der Waals surface area contributed by atoms with E-state index in [9.17, 15) is 0 Å². The second-order valence-corrected chi connectivity index (χ2v) is 17.2. The molecule has 13 radical (unpaired) electrons. The first-order valence-electron chi connectivity index (χ1n) is 15.1. The topological polar surface area (TPSA) is 17.1 Å². The summed E-state index contributed by atoms with van der Waals surface area (Å²) in [5, 5.41) is 1.92. The van der Waals surface area contributed by atoms with E-state index in [2.05, 4.69) is 50.5 Å². The molecule has 0 spiro atoms. The molecule has 2 aromatic carbocycles. The molecule has 4 aliphatic rings. The van der Waals surface area contributed by atoms with Gasteiger partial charge in [-0.2, -0.15) is 0 Å². The van der Waals surface area contributed by atoms with Crippen LogP contribution in [0.25, 0.3) is 0 Å². The van der Waals surface area contributed by atoms with Crippen LogP contribution < -0.4 is 10.6 Å². The molecule has 6 rings (SSSR count). The summed E-state index contributed by atoms with van der Waals surface area (Å²) in [6, 6.07) is 20.5. The molecular formula is C36H44BFeOP2+2. The van der Waals surface area contributed by atoms with Gasteiger partial charge in [0, 0.05) is 24.9 Å². The van der Waals surface area contributed by atoms with Gasteiger partial charge in [0.15, 0.2) is 7.14 Å². The second kappa shape index (κ2) is 17.8. The zero-order valence-electron chi connectivity index (χ0n) is 24.4. The van der Waals surface area contributed by atoms with E-state index in [1.165, 1.54) is 70.1 Å². The van der Waals surface area contributed by atoms with Crippen LogP contribution in [0.1, 0.15) is 71.1 Å². The predicted molar refractivity (Wildman–Crippen MR) is 177 cm³/mol. The molecule has 213 valence electrons. The second-order valence-electron chi connectivity index (χ2n) is 11.3. The quantitative estimate of drug-likeness (QED) is 0.223. The molecule has 0 amide bonds. The molecule has 5 heteroatoms. The van der Waals surface area contributed by atoms with Crippen molar-refractivity contribution in [2.24, 2.45) is 0 Å². The summed E-state index contributed by atoms with van der Waals surface area (Å²) in [7, 11) is -3.06. The molecule has 0 saturated heterocycles. The van der Waals surface area contributed by atoms with Gasteiger partial charge in [0.2, 0.25) is 0 Å². The molecular weight excluding hydrogens is 577 g/mol. The molecule has 41 heavy (non-hydrogen) atoms. The van der Waals surface area contributed by atoms with Crippen LogP contribution in [0, 0.1) is 62.9 Å².